The van der Waals surface area contributed by atoms with Crippen LogP contribution in [0.1, 0.15) is 0 Å². The van der Waals surface area contributed by atoms with Crippen LogP contribution >= 0.6 is 0 Å². The van der Waals surface area contributed by atoms with Crippen LogP contribution in [-0.2, 0) is 0 Å². The lowest BCUT2D eigenvalue weighted by atomic mass is 9.89. The van der Waals surface area contributed by atoms with E-state index in [1.165, 1.54) is 6.21 Å². The van der Waals surface area contributed by atoms with Gasteiger partial charge in [-0.3, -0.25) is 0 Å². The van der Waals surface area contributed by atoms with Gasteiger partial charge >= 0.3 is 0 Å². The zero-order valence-electron chi connectivity index (χ0n) is 5.31. The van der Waals surface area contributed by atoms with Crippen molar-refractivity contribution in [1.29, 1.82) is 5.41 Å². The van der Waals surface area contributed by atoms with Crippen molar-refractivity contribution < 1.29 is 0 Å². The maximum Gasteiger partial charge on any atom is 0.117 e. The standard InChI is InChI=1S/C5H11BN2/c1-8-3-2-5(6)4-7/h2-5,7-8H,6H2,1H3/b3-2-,7-4?. The van der Waals surface area contributed by atoms with Gasteiger partial charge in [-0.2, -0.15) is 0 Å². The summed E-state index contributed by atoms with van der Waals surface area (Å²) in [5, 5.41) is 9.63. The number of hydrogen-bond acceptors (Lipinski definition) is 2. The first kappa shape index (κ1) is 7.27. The third-order valence-electron chi connectivity index (χ3n) is 0.829. The highest BCUT2D eigenvalue weighted by atomic mass is 14.8. The van der Waals surface area contributed by atoms with Gasteiger partial charge in [-0.1, -0.05) is 6.08 Å². The lowest BCUT2D eigenvalue weighted by Crippen LogP contribution is -1.94. The molecular formula is C5H11BN2. The van der Waals surface area contributed by atoms with Gasteiger partial charge in [0.2, 0.25) is 0 Å². The molecule has 0 aromatic heterocycles. The number of nitrogens with one attached hydrogen (secondary N) is 2. The molecule has 1 unspecified atom stereocenters. The zero-order valence-corrected chi connectivity index (χ0v) is 5.31. The SMILES string of the molecule is BC(C=N)/C=C\NC. The van der Waals surface area contributed by atoms with Crippen molar-refractivity contribution in [2.24, 2.45) is 0 Å². The minimum absolute atomic E-state index is 0.252. The Morgan fingerprint density at radius 3 is 2.75 bits per heavy atom. The van der Waals surface area contributed by atoms with E-state index in [1.54, 1.807) is 0 Å². The van der Waals surface area contributed by atoms with E-state index in [9.17, 15) is 0 Å². The van der Waals surface area contributed by atoms with Gasteiger partial charge in [0.1, 0.15) is 7.85 Å². The maximum absolute atomic E-state index is 6.78. The second kappa shape index (κ2) is 4.43. The van der Waals surface area contributed by atoms with Gasteiger partial charge in [0.25, 0.3) is 0 Å². The van der Waals surface area contributed by atoms with Crippen molar-refractivity contribution in [3.8, 4) is 0 Å². The van der Waals surface area contributed by atoms with Crippen molar-refractivity contribution in [1.82, 2.24) is 5.32 Å². The third kappa shape index (κ3) is 3.46. The number of rotatable bonds is 3. The fourth-order valence-electron chi connectivity index (χ4n) is 0.304. The highest BCUT2D eigenvalue weighted by Gasteiger charge is 1.85. The smallest absolute Gasteiger partial charge is 0.117 e. The van der Waals surface area contributed by atoms with Crippen LogP contribution in [0.5, 0.6) is 0 Å². The Labute approximate surface area is 50.9 Å². The van der Waals surface area contributed by atoms with E-state index >= 15 is 0 Å². The molecule has 0 saturated heterocycles. The minimum atomic E-state index is 0.252. The summed E-state index contributed by atoms with van der Waals surface area (Å²) < 4.78 is 0. The van der Waals surface area contributed by atoms with E-state index in [0.717, 1.165) is 0 Å². The van der Waals surface area contributed by atoms with Crippen molar-refractivity contribution >= 4 is 14.1 Å². The van der Waals surface area contributed by atoms with Crippen LogP contribution in [0.3, 0.4) is 0 Å². The first-order valence-electron chi connectivity index (χ1n) is 2.65. The molecule has 0 aromatic rings. The predicted molar refractivity (Wildman–Crippen MR) is 39.3 cm³/mol. The summed E-state index contributed by atoms with van der Waals surface area (Å²) in [5.41, 5.74) is 0. The summed E-state index contributed by atoms with van der Waals surface area (Å²) in [6, 6.07) is 0. The van der Waals surface area contributed by atoms with Crippen LogP contribution in [0.25, 0.3) is 0 Å². The van der Waals surface area contributed by atoms with Crippen molar-refractivity contribution in [3.05, 3.63) is 12.3 Å². The molecule has 0 spiro atoms. The maximum atomic E-state index is 6.78. The van der Waals surface area contributed by atoms with E-state index in [0.29, 0.717) is 0 Å². The molecule has 0 aromatic carbocycles. The summed E-state index contributed by atoms with van der Waals surface area (Å²) in [6.07, 6.45) is 5.15. The molecule has 0 bridgehead atoms. The Kier molecular flexibility index (Phi) is 4.03. The first-order chi connectivity index (χ1) is 3.81. The van der Waals surface area contributed by atoms with Gasteiger partial charge in [-0.15, -0.1) is 0 Å². The molecule has 1 atom stereocenters. The van der Waals surface area contributed by atoms with Crippen LogP contribution in [0.15, 0.2) is 12.3 Å². The average molecular weight is 110 g/mol. The number of hydrogen-bond donors (Lipinski definition) is 2. The minimum Gasteiger partial charge on any atom is -0.394 e. The Morgan fingerprint density at radius 1 is 1.75 bits per heavy atom. The fourth-order valence-corrected chi connectivity index (χ4v) is 0.304. The van der Waals surface area contributed by atoms with Gasteiger partial charge in [-0.25, -0.2) is 0 Å². The molecule has 8 heavy (non-hydrogen) atoms. The quantitative estimate of drug-likeness (QED) is 0.382. The topological polar surface area (TPSA) is 35.9 Å². The Balaban J connectivity index is 3.35. The molecule has 3 heteroatoms. The molecule has 44 valence electrons. The average Bonchev–Trinajstić information content (AvgIpc) is 1.83. The Hall–Kier alpha value is -0.725. The largest absolute Gasteiger partial charge is 0.394 e. The molecule has 2 nitrogen and oxygen atoms in total. The molecule has 0 heterocycles. The van der Waals surface area contributed by atoms with Crippen LogP contribution in [0, 0.1) is 5.41 Å². The Bertz CT molecular complexity index is 90.4. The van der Waals surface area contributed by atoms with E-state index in [2.05, 4.69) is 5.32 Å². The lowest BCUT2D eigenvalue weighted by Gasteiger charge is -1.91. The lowest BCUT2D eigenvalue weighted by molar-refractivity contribution is 1.09. The molecule has 0 rings (SSSR count). The molecule has 0 amide bonds. The van der Waals surface area contributed by atoms with Crippen LogP contribution in [-0.4, -0.2) is 21.1 Å². The van der Waals surface area contributed by atoms with E-state index in [-0.39, 0.29) is 5.82 Å². The monoisotopic (exact) mass is 110 g/mol. The van der Waals surface area contributed by atoms with Gasteiger partial charge in [0, 0.05) is 7.05 Å². The van der Waals surface area contributed by atoms with Crippen LogP contribution < -0.4 is 5.32 Å². The van der Waals surface area contributed by atoms with E-state index in [4.69, 9.17) is 5.41 Å². The van der Waals surface area contributed by atoms with Gasteiger partial charge in [-0.05, 0) is 18.2 Å². The molecule has 2 N–H and O–H groups in total. The van der Waals surface area contributed by atoms with Gasteiger partial charge < -0.3 is 10.7 Å². The number of allylic oxidation sites excluding steroid dienone is 1. The first-order valence-corrected chi connectivity index (χ1v) is 2.65. The van der Waals surface area contributed by atoms with Gasteiger partial charge in [0.15, 0.2) is 0 Å². The van der Waals surface area contributed by atoms with Crippen LogP contribution in [0.4, 0.5) is 0 Å². The molecular weight excluding hydrogens is 98.9 g/mol. The molecule has 0 fully saturated rings. The molecule has 0 aliphatic carbocycles. The highest BCUT2D eigenvalue weighted by molar-refractivity contribution is 6.21. The van der Waals surface area contributed by atoms with Crippen molar-refractivity contribution in [2.45, 2.75) is 5.82 Å². The Morgan fingerprint density at radius 2 is 2.38 bits per heavy atom. The second-order valence-corrected chi connectivity index (χ2v) is 1.67. The predicted octanol–water partition coefficient (Wildman–Crippen LogP) is -0.209. The normalized spacial score (nSPS) is 13.6. The summed E-state index contributed by atoms with van der Waals surface area (Å²) >= 11 is 0. The third-order valence-corrected chi connectivity index (χ3v) is 0.829. The van der Waals surface area contributed by atoms with E-state index in [1.807, 2.05) is 27.2 Å². The fraction of sp³-hybridized carbons (Fsp3) is 0.400. The second-order valence-electron chi connectivity index (χ2n) is 1.67. The summed E-state index contributed by atoms with van der Waals surface area (Å²) in [6.45, 7) is 0. The zero-order chi connectivity index (χ0) is 6.41. The van der Waals surface area contributed by atoms with Crippen molar-refractivity contribution in [3.63, 3.8) is 0 Å². The van der Waals surface area contributed by atoms with Crippen LogP contribution in [0.2, 0.25) is 5.82 Å². The molecule has 0 aliphatic rings. The highest BCUT2D eigenvalue weighted by Crippen LogP contribution is 1.91. The van der Waals surface area contributed by atoms with E-state index < -0.39 is 0 Å². The summed E-state index contributed by atoms with van der Waals surface area (Å²) in [7, 11) is 3.80. The molecule has 0 radical (unpaired) electrons. The summed E-state index contributed by atoms with van der Waals surface area (Å²) in [5.74, 6) is 0.252. The van der Waals surface area contributed by atoms with Crippen molar-refractivity contribution in [2.75, 3.05) is 7.05 Å². The van der Waals surface area contributed by atoms with Gasteiger partial charge in [0.05, 0.1) is 0 Å². The molecule has 0 saturated carbocycles. The summed E-state index contributed by atoms with van der Waals surface area (Å²) in [4.78, 5) is 0. The molecule has 0 aliphatic heterocycles.